The van der Waals surface area contributed by atoms with E-state index < -0.39 is 0 Å². The first-order chi connectivity index (χ1) is 11.7. The zero-order valence-corrected chi connectivity index (χ0v) is 13.5. The van der Waals surface area contributed by atoms with E-state index in [0.717, 1.165) is 25.0 Å². The van der Waals surface area contributed by atoms with Crippen molar-refractivity contribution in [2.24, 2.45) is 5.92 Å². The number of rotatable bonds is 6. The normalized spacial score (nSPS) is 17.8. The molecule has 0 aliphatic heterocycles. The van der Waals surface area contributed by atoms with Gasteiger partial charge in [0.2, 0.25) is 0 Å². The average molecular weight is 329 g/mol. The summed E-state index contributed by atoms with van der Waals surface area (Å²) in [6.45, 7) is 0.432. The SMILES string of the molecule is O=C(NCC(CO)Cc1ccccn1)NC1CCc2[nH]ncc2C1. The van der Waals surface area contributed by atoms with Crippen LogP contribution in [0.1, 0.15) is 23.4 Å². The molecule has 0 saturated carbocycles. The topological polar surface area (TPSA) is 103 Å². The number of carbonyl (C=O) groups is 1. The van der Waals surface area contributed by atoms with Gasteiger partial charge in [0, 0.05) is 42.7 Å². The number of hydrogen-bond donors (Lipinski definition) is 4. The fourth-order valence-corrected chi connectivity index (χ4v) is 3.03. The first-order valence-electron chi connectivity index (χ1n) is 8.31. The standard InChI is InChI=1S/C17H23N5O2/c23-11-12(7-14-3-1-2-6-18-14)9-19-17(24)21-15-4-5-16-13(8-15)10-20-22-16/h1-3,6,10,12,15,23H,4-5,7-9,11H2,(H,20,22)(H2,19,21,24). The quantitative estimate of drug-likeness (QED) is 0.630. The summed E-state index contributed by atoms with van der Waals surface area (Å²) in [4.78, 5) is 16.3. The molecule has 128 valence electrons. The van der Waals surface area contributed by atoms with Gasteiger partial charge in [-0.3, -0.25) is 10.1 Å². The van der Waals surface area contributed by atoms with E-state index in [1.165, 1.54) is 11.3 Å². The van der Waals surface area contributed by atoms with E-state index in [1.54, 1.807) is 6.20 Å². The molecule has 2 aromatic heterocycles. The summed E-state index contributed by atoms with van der Waals surface area (Å²) in [5.74, 6) is -0.0440. The highest BCUT2D eigenvalue weighted by molar-refractivity contribution is 5.74. The number of nitrogens with one attached hydrogen (secondary N) is 3. The van der Waals surface area contributed by atoms with Gasteiger partial charge in [-0.2, -0.15) is 5.10 Å². The maximum Gasteiger partial charge on any atom is 0.315 e. The molecule has 0 bridgehead atoms. The summed E-state index contributed by atoms with van der Waals surface area (Å²) < 4.78 is 0. The first kappa shape index (κ1) is 16.4. The summed E-state index contributed by atoms with van der Waals surface area (Å²) in [6.07, 6.45) is 6.81. The molecule has 1 aliphatic carbocycles. The largest absolute Gasteiger partial charge is 0.396 e. The van der Waals surface area contributed by atoms with Gasteiger partial charge >= 0.3 is 6.03 Å². The summed E-state index contributed by atoms with van der Waals surface area (Å²) in [6, 6.07) is 5.64. The highest BCUT2D eigenvalue weighted by atomic mass is 16.3. The summed E-state index contributed by atoms with van der Waals surface area (Å²) >= 11 is 0. The number of fused-ring (bicyclic) bond motifs is 1. The number of carbonyl (C=O) groups excluding carboxylic acids is 1. The van der Waals surface area contributed by atoms with Gasteiger partial charge in [-0.1, -0.05) is 6.07 Å². The molecule has 24 heavy (non-hydrogen) atoms. The van der Waals surface area contributed by atoms with Crippen LogP contribution in [0.25, 0.3) is 0 Å². The summed E-state index contributed by atoms with van der Waals surface area (Å²) in [5, 5.41) is 22.4. The van der Waals surface area contributed by atoms with Crippen LogP contribution in [0.2, 0.25) is 0 Å². The monoisotopic (exact) mass is 329 g/mol. The number of aryl methyl sites for hydroxylation is 1. The van der Waals surface area contributed by atoms with Crippen LogP contribution in [-0.2, 0) is 19.3 Å². The van der Waals surface area contributed by atoms with Crippen LogP contribution in [0.4, 0.5) is 4.79 Å². The zero-order chi connectivity index (χ0) is 16.8. The molecule has 0 aromatic carbocycles. The lowest BCUT2D eigenvalue weighted by Crippen LogP contribution is -2.46. The maximum absolute atomic E-state index is 12.1. The molecule has 0 spiro atoms. The Hall–Kier alpha value is -2.41. The van der Waals surface area contributed by atoms with Crippen LogP contribution in [0.15, 0.2) is 30.6 Å². The molecule has 0 radical (unpaired) electrons. The number of aromatic amines is 1. The van der Waals surface area contributed by atoms with Crippen LogP contribution < -0.4 is 10.6 Å². The third-order valence-corrected chi connectivity index (χ3v) is 4.39. The van der Waals surface area contributed by atoms with Crippen molar-refractivity contribution in [1.82, 2.24) is 25.8 Å². The summed E-state index contributed by atoms with van der Waals surface area (Å²) in [5.41, 5.74) is 3.26. The minimum Gasteiger partial charge on any atom is -0.396 e. The van der Waals surface area contributed by atoms with Crippen LogP contribution in [0.5, 0.6) is 0 Å². The fraction of sp³-hybridized carbons (Fsp3) is 0.471. The van der Waals surface area contributed by atoms with Gasteiger partial charge in [0.1, 0.15) is 0 Å². The Morgan fingerprint density at radius 3 is 3.17 bits per heavy atom. The van der Waals surface area contributed by atoms with E-state index in [9.17, 15) is 9.90 Å². The maximum atomic E-state index is 12.1. The van der Waals surface area contributed by atoms with Crippen molar-refractivity contribution in [3.8, 4) is 0 Å². The summed E-state index contributed by atoms with van der Waals surface area (Å²) in [7, 11) is 0. The smallest absolute Gasteiger partial charge is 0.315 e. The third kappa shape index (κ3) is 4.32. The Kier molecular flexibility index (Phi) is 5.43. The predicted octanol–water partition coefficient (Wildman–Crippen LogP) is 0.812. The van der Waals surface area contributed by atoms with E-state index in [-0.39, 0.29) is 24.6 Å². The molecule has 2 amide bonds. The Morgan fingerprint density at radius 1 is 1.46 bits per heavy atom. The van der Waals surface area contributed by atoms with E-state index >= 15 is 0 Å². The Balaban J connectivity index is 1.43. The second-order valence-electron chi connectivity index (χ2n) is 6.24. The van der Waals surface area contributed by atoms with Crippen LogP contribution in [0, 0.1) is 5.92 Å². The number of nitrogens with zero attached hydrogens (tertiary/aromatic N) is 2. The average Bonchev–Trinajstić information content (AvgIpc) is 3.07. The predicted molar refractivity (Wildman–Crippen MR) is 89.5 cm³/mol. The molecular formula is C17H23N5O2. The molecule has 2 heterocycles. The van der Waals surface area contributed by atoms with Gasteiger partial charge in [0.15, 0.2) is 0 Å². The lowest BCUT2D eigenvalue weighted by atomic mass is 9.94. The van der Waals surface area contributed by atoms with Crippen molar-refractivity contribution in [3.05, 3.63) is 47.5 Å². The molecule has 1 aliphatic rings. The number of H-pyrrole nitrogens is 1. The number of urea groups is 1. The molecule has 2 unspecified atom stereocenters. The lowest BCUT2D eigenvalue weighted by Gasteiger charge is -2.23. The number of aliphatic hydroxyl groups excluding tert-OH is 1. The molecule has 2 atom stereocenters. The van der Waals surface area contributed by atoms with Crippen molar-refractivity contribution >= 4 is 6.03 Å². The lowest BCUT2D eigenvalue weighted by molar-refractivity contribution is 0.211. The van der Waals surface area contributed by atoms with Gasteiger partial charge in [-0.15, -0.1) is 0 Å². The second-order valence-corrected chi connectivity index (χ2v) is 6.24. The molecule has 7 nitrogen and oxygen atoms in total. The second kappa shape index (κ2) is 7.92. The number of pyridine rings is 1. The number of amides is 2. The number of aromatic nitrogens is 3. The molecule has 2 aromatic rings. The number of aliphatic hydroxyl groups is 1. The van der Waals surface area contributed by atoms with Gasteiger partial charge in [-0.05, 0) is 43.4 Å². The fourth-order valence-electron chi connectivity index (χ4n) is 3.03. The van der Waals surface area contributed by atoms with Crippen LogP contribution >= 0.6 is 0 Å². The van der Waals surface area contributed by atoms with Gasteiger partial charge in [0.05, 0.1) is 6.20 Å². The highest BCUT2D eigenvalue weighted by Gasteiger charge is 2.21. The minimum atomic E-state index is -0.189. The van der Waals surface area contributed by atoms with Crippen molar-refractivity contribution < 1.29 is 9.90 Å². The van der Waals surface area contributed by atoms with Crippen molar-refractivity contribution in [2.75, 3.05) is 13.2 Å². The zero-order valence-electron chi connectivity index (χ0n) is 13.5. The minimum absolute atomic E-state index is 0.0126. The van der Waals surface area contributed by atoms with Crippen molar-refractivity contribution in [1.29, 1.82) is 0 Å². The molecule has 0 fully saturated rings. The molecule has 0 saturated heterocycles. The van der Waals surface area contributed by atoms with E-state index in [2.05, 4.69) is 25.8 Å². The molecule has 4 N–H and O–H groups in total. The molecular weight excluding hydrogens is 306 g/mol. The Labute approximate surface area is 140 Å². The number of hydrogen-bond acceptors (Lipinski definition) is 4. The van der Waals surface area contributed by atoms with Gasteiger partial charge in [0.25, 0.3) is 0 Å². The van der Waals surface area contributed by atoms with Crippen molar-refractivity contribution in [2.45, 2.75) is 31.7 Å². The molecule has 7 heteroatoms. The Morgan fingerprint density at radius 2 is 2.38 bits per heavy atom. The van der Waals surface area contributed by atoms with Crippen LogP contribution in [-0.4, -0.2) is 45.5 Å². The van der Waals surface area contributed by atoms with Gasteiger partial charge in [-0.25, -0.2) is 4.79 Å². The Bertz CT molecular complexity index is 658. The molecule has 3 rings (SSSR count). The van der Waals surface area contributed by atoms with Crippen molar-refractivity contribution in [3.63, 3.8) is 0 Å². The third-order valence-electron chi connectivity index (χ3n) is 4.39. The van der Waals surface area contributed by atoms with Crippen LogP contribution in [0.3, 0.4) is 0 Å². The van der Waals surface area contributed by atoms with E-state index in [0.29, 0.717) is 13.0 Å². The first-order valence-corrected chi connectivity index (χ1v) is 8.31. The van der Waals surface area contributed by atoms with Gasteiger partial charge < -0.3 is 15.7 Å². The highest BCUT2D eigenvalue weighted by Crippen LogP contribution is 2.18. The van der Waals surface area contributed by atoms with E-state index in [1.807, 2.05) is 24.4 Å². The van der Waals surface area contributed by atoms with E-state index in [4.69, 9.17) is 0 Å².